The van der Waals surface area contributed by atoms with Crippen LogP contribution in [-0.4, -0.2) is 36.7 Å². The Kier molecular flexibility index (Phi) is 4.55. The maximum atomic E-state index is 11.2. The molecule has 2 unspecified atom stereocenters. The zero-order valence-corrected chi connectivity index (χ0v) is 8.63. The summed E-state index contributed by atoms with van der Waals surface area (Å²) in [7, 11) is 0. The van der Waals surface area contributed by atoms with Crippen molar-refractivity contribution in [2.75, 3.05) is 19.0 Å². The van der Waals surface area contributed by atoms with E-state index in [1.165, 1.54) is 11.8 Å². The minimum absolute atomic E-state index is 0.260. The van der Waals surface area contributed by atoms with Gasteiger partial charge in [0.1, 0.15) is 0 Å². The summed E-state index contributed by atoms with van der Waals surface area (Å²) < 4.78 is 15.3. The smallest absolute Gasteiger partial charge is 0.345 e. The first kappa shape index (κ1) is 10.8. The van der Waals surface area contributed by atoms with Gasteiger partial charge in [-0.3, -0.25) is 0 Å². The van der Waals surface area contributed by atoms with Crippen molar-refractivity contribution in [1.29, 1.82) is 0 Å². The lowest BCUT2D eigenvalue weighted by molar-refractivity contribution is -0.167. The van der Waals surface area contributed by atoms with Crippen LogP contribution >= 0.6 is 11.8 Å². The van der Waals surface area contributed by atoms with Gasteiger partial charge >= 0.3 is 5.97 Å². The lowest BCUT2D eigenvalue weighted by Gasteiger charge is -2.10. The molecule has 0 saturated carbocycles. The van der Waals surface area contributed by atoms with Crippen molar-refractivity contribution in [1.82, 2.24) is 0 Å². The standard InChI is InChI=1S/C8H14O4S/c1-3-10-6-5-13-8(12-6)7(9)11-4-2/h6,8H,3-5H2,1-2H3. The third-order valence-corrected chi connectivity index (χ3v) is 2.56. The molecule has 76 valence electrons. The molecule has 13 heavy (non-hydrogen) atoms. The lowest BCUT2D eigenvalue weighted by Crippen LogP contribution is -2.23. The highest BCUT2D eigenvalue weighted by Crippen LogP contribution is 2.26. The van der Waals surface area contributed by atoms with Crippen LogP contribution in [-0.2, 0) is 19.0 Å². The quantitative estimate of drug-likeness (QED) is 0.642. The molecule has 1 heterocycles. The van der Waals surface area contributed by atoms with Crippen molar-refractivity contribution in [3.63, 3.8) is 0 Å². The van der Waals surface area contributed by atoms with Gasteiger partial charge in [-0.1, -0.05) is 0 Å². The van der Waals surface area contributed by atoms with Crippen molar-refractivity contribution in [3.05, 3.63) is 0 Å². The van der Waals surface area contributed by atoms with Crippen LogP contribution in [0.4, 0.5) is 0 Å². The predicted octanol–water partition coefficient (Wildman–Crippen LogP) is 1.00. The molecule has 0 aromatic heterocycles. The molecule has 1 saturated heterocycles. The van der Waals surface area contributed by atoms with Crippen LogP contribution in [0, 0.1) is 0 Å². The third kappa shape index (κ3) is 3.17. The Bertz CT molecular complexity index is 174. The van der Waals surface area contributed by atoms with E-state index in [0.717, 1.165) is 0 Å². The van der Waals surface area contributed by atoms with Gasteiger partial charge in [0.15, 0.2) is 6.29 Å². The van der Waals surface area contributed by atoms with Gasteiger partial charge < -0.3 is 14.2 Å². The predicted molar refractivity (Wildman–Crippen MR) is 49.4 cm³/mol. The van der Waals surface area contributed by atoms with Crippen LogP contribution in [0.3, 0.4) is 0 Å². The molecule has 0 radical (unpaired) electrons. The SMILES string of the molecule is CCOC(=O)C1OC(OCC)CS1. The molecule has 1 aliphatic rings. The summed E-state index contributed by atoms with van der Waals surface area (Å²) >= 11 is 1.42. The summed E-state index contributed by atoms with van der Waals surface area (Å²) in [4.78, 5) is 11.2. The molecule has 0 spiro atoms. The van der Waals surface area contributed by atoms with Crippen LogP contribution in [0.25, 0.3) is 0 Å². The Morgan fingerprint density at radius 2 is 2.31 bits per heavy atom. The van der Waals surface area contributed by atoms with E-state index in [1.54, 1.807) is 6.92 Å². The fourth-order valence-electron chi connectivity index (χ4n) is 0.990. The minimum atomic E-state index is -0.503. The average Bonchev–Trinajstić information content (AvgIpc) is 2.54. The van der Waals surface area contributed by atoms with Gasteiger partial charge in [0, 0.05) is 12.4 Å². The molecule has 0 aliphatic carbocycles. The fourth-order valence-corrected chi connectivity index (χ4v) is 1.90. The average molecular weight is 206 g/mol. The number of ether oxygens (including phenoxy) is 3. The van der Waals surface area contributed by atoms with E-state index in [9.17, 15) is 4.79 Å². The van der Waals surface area contributed by atoms with Crippen LogP contribution in [0.1, 0.15) is 13.8 Å². The molecule has 4 nitrogen and oxygen atoms in total. The second-order valence-electron chi connectivity index (χ2n) is 2.44. The van der Waals surface area contributed by atoms with Gasteiger partial charge in [0.25, 0.3) is 0 Å². The van der Waals surface area contributed by atoms with E-state index in [-0.39, 0.29) is 12.3 Å². The molecule has 1 fully saturated rings. The molecule has 0 aromatic rings. The molecule has 1 rings (SSSR count). The van der Waals surface area contributed by atoms with Crippen molar-refractivity contribution < 1.29 is 19.0 Å². The number of hydrogen-bond donors (Lipinski definition) is 0. The van der Waals surface area contributed by atoms with Gasteiger partial charge in [-0.2, -0.15) is 0 Å². The first-order valence-corrected chi connectivity index (χ1v) is 5.38. The Labute approximate surface area is 81.9 Å². The summed E-state index contributed by atoms with van der Waals surface area (Å²) in [6.45, 7) is 4.66. The van der Waals surface area contributed by atoms with E-state index < -0.39 is 5.44 Å². The second-order valence-corrected chi connectivity index (χ2v) is 3.53. The van der Waals surface area contributed by atoms with Crippen LogP contribution in [0.15, 0.2) is 0 Å². The zero-order chi connectivity index (χ0) is 9.68. The molecule has 0 bridgehead atoms. The van der Waals surface area contributed by atoms with Crippen LogP contribution in [0.2, 0.25) is 0 Å². The lowest BCUT2D eigenvalue weighted by atomic mass is 10.6. The summed E-state index contributed by atoms with van der Waals surface area (Å²) in [6, 6.07) is 0. The van der Waals surface area contributed by atoms with E-state index in [4.69, 9.17) is 14.2 Å². The van der Waals surface area contributed by atoms with E-state index in [2.05, 4.69) is 0 Å². The third-order valence-electron chi connectivity index (χ3n) is 1.49. The number of hydrogen-bond acceptors (Lipinski definition) is 5. The Morgan fingerprint density at radius 1 is 1.54 bits per heavy atom. The largest absolute Gasteiger partial charge is 0.463 e. The number of carbonyl (C=O) groups excluding carboxylic acids is 1. The Morgan fingerprint density at radius 3 is 2.92 bits per heavy atom. The maximum Gasteiger partial charge on any atom is 0.345 e. The summed E-state index contributed by atoms with van der Waals surface area (Å²) in [5.74, 6) is 0.381. The molecular weight excluding hydrogens is 192 g/mol. The second kappa shape index (κ2) is 5.47. The monoisotopic (exact) mass is 206 g/mol. The molecule has 0 aromatic carbocycles. The maximum absolute atomic E-state index is 11.2. The zero-order valence-electron chi connectivity index (χ0n) is 7.82. The number of rotatable bonds is 4. The highest BCUT2D eigenvalue weighted by molar-refractivity contribution is 8.00. The number of thioether (sulfide) groups is 1. The van der Waals surface area contributed by atoms with Crippen molar-refractivity contribution in [2.24, 2.45) is 0 Å². The summed E-state index contributed by atoms with van der Waals surface area (Å²) in [5, 5.41) is 0. The van der Waals surface area contributed by atoms with Gasteiger partial charge in [0.05, 0.1) is 6.61 Å². The van der Waals surface area contributed by atoms with Crippen molar-refractivity contribution in [3.8, 4) is 0 Å². The highest BCUT2D eigenvalue weighted by atomic mass is 32.2. The molecular formula is C8H14O4S. The fraction of sp³-hybridized carbons (Fsp3) is 0.875. The summed E-state index contributed by atoms with van der Waals surface area (Å²) in [6.07, 6.45) is -0.260. The van der Waals surface area contributed by atoms with Crippen molar-refractivity contribution >= 4 is 17.7 Å². The minimum Gasteiger partial charge on any atom is -0.463 e. The molecule has 1 aliphatic heterocycles. The highest BCUT2D eigenvalue weighted by Gasteiger charge is 2.32. The topological polar surface area (TPSA) is 44.8 Å². The normalized spacial score (nSPS) is 27.5. The van der Waals surface area contributed by atoms with Crippen molar-refractivity contribution in [2.45, 2.75) is 25.6 Å². The van der Waals surface area contributed by atoms with Gasteiger partial charge in [0.2, 0.25) is 5.44 Å². The first-order chi connectivity index (χ1) is 6.27. The van der Waals surface area contributed by atoms with Gasteiger partial charge in [-0.25, -0.2) is 4.79 Å². The molecule has 0 amide bonds. The van der Waals surface area contributed by atoms with E-state index >= 15 is 0 Å². The van der Waals surface area contributed by atoms with Gasteiger partial charge in [-0.15, -0.1) is 11.8 Å². The van der Waals surface area contributed by atoms with Gasteiger partial charge in [-0.05, 0) is 13.8 Å². The number of carbonyl (C=O) groups is 1. The first-order valence-electron chi connectivity index (χ1n) is 4.33. The molecule has 5 heteroatoms. The Hall–Kier alpha value is -0.260. The Balaban J connectivity index is 2.27. The van der Waals surface area contributed by atoms with Crippen LogP contribution in [0.5, 0.6) is 0 Å². The number of esters is 1. The van der Waals surface area contributed by atoms with Crippen LogP contribution < -0.4 is 0 Å². The summed E-state index contributed by atoms with van der Waals surface area (Å²) in [5.41, 5.74) is -0.503. The molecule has 2 atom stereocenters. The van der Waals surface area contributed by atoms with E-state index in [1.807, 2.05) is 6.92 Å². The van der Waals surface area contributed by atoms with E-state index in [0.29, 0.717) is 19.0 Å². The molecule has 0 N–H and O–H groups in total.